The molecule has 30 heavy (non-hydrogen) atoms. The third-order valence-corrected chi connectivity index (χ3v) is 4.41. The molecule has 3 heterocycles. The zero-order valence-electron chi connectivity index (χ0n) is 17.2. The van der Waals surface area contributed by atoms with Crippen molar-refractivity contribution in [3.63, 3.8) is 0 Å². The van der Waals surface area contributed by atoms with Crippen LogP contribution in [-0.4, -0.2) is 40.7 Å². The van der Waals surface area contributed by atoms with Crippen LogP contribution in [0.2, 0.25) is 0 Å². The van der Waals surface area contributed by atoms with Crippen LogP contribution in [0.3, 0.4) is 0 Å². The van der Waals surface area contributed by atoms with E-state index in [1.807, 2.05) is 0 Å². The zero-order valence-corrected chi connectivity index (χ0v) is 17.2. The number of hydrogen-bond donors (Lipinski definition) is 2. The Kier molecular flexibility index (Phi) is 6.76. The third-order valence-electron chi connectivity index (χ3n) is 4.41. The fraction of sp³-hybridized carbons (Fsp3) is 0.500. The van der Waals surface area contributed by atoms with Crippen molar-refractivity contribution in [1.82, 2.24) is 15.0 Å². The van der Waals surface area contributed by atoms with Gasteiger partial charge >= 0.3 is 5.92 Å². The average Bonchev–Trinajstić information content (AvgIpc) is 2.66. The van der Waals surface area contributed by atoms with Gasteiger partial charge in [-0.25, -0.2) is 15.0 Å². The number of alkyl halides is 2. The summed E-state index contributed by atoms with van der Waals surface area (Å²) < 4.78 is 38.8. The number of carbonyl (C=O) groups excluding carboxylic acids is 1. The van der Waals surface area contributed by atoms with Crippen molar-refractivity contribution >= 4 is 23.2 Å². The lowest BCUT2D eigenvalue weighted by Gasteiger charge is -2.23. The lowest BCUT2D eigenvalue weighted by atomic mass is 10.0. The molecule has 3 rings (SSSR count). The molecule has 1 fully saturated rings. The molecule has 8 nitrogen and oxygen atoms in total. The second kappa shape index (κ2) is 9.29. The number of aryl methyl sites for hydroxylation is 1. The molecular weight excluding hydrogens is 396 g/mol. The quantitative estimate of drug-likeness (QED) is 0.702. The van der Waals surface area contributed by atoms with Crippen molar-refractivity contribution in [2.45, 2.75) is 39.5 Å². The van der Waals surface area contributed by atoms with Gasteiger partial charge in [-0.1, -0.05) is 0 Å². The molecule has 2 N–H and O–H groups in total. The van der Waals surface area contributed by atoms with E-state index in [2.05, 4.69) is 25.6 Å². The van der Waals surface area contributed by atoms with Crippen LogP contribution in [0, 0.1) is 12.8 Å². The number of rotatable bonds is 7. The first-order valence-electron chi connectivity index (χ1n) is 9.70. The summed E-state index contributed by atoms with van der Waals surface area (Å²) in [5.41, 5.74) is 0.830. The summed E-state index contributed by atoms with van der Waals surface area (Å²) in [5, 5.41) is 5.59. The molecule has 0 saturated carbocycles. The standard InChI is InChI=1S/C20H25F2N5O3/c1-12-7-18(27-19(24-12)20(3,21)22)26-15-8-17(25-13(2)28)23-9-16(15)30-11-14-5-4-6-29-10-14/h7-9,14H,4-6,10-11H2,1-3H3,(H2,23,24,25,26,27,28)/t14-/m0/s1. The maximum absolute atomic E-state index is 13.7. The number of anilines is 3. The predicted molar refractivity (Wildman–Crippen MR) is 107 cm³/mol. The number of carbonyl (C=O) groups is 1. The van der Waals surface area contributed by atoms with E-state index in [4.69, 9.17) is 9.47 Å². The first-order chi connectivity index (χ1) is 14.2. The van der Waals surface area contributed by atoms with Crippen LogP contribution in [0.15, 0.2) is 18.3 Å². The number of hydrogen-bond acceptors (Lipinski definition) is 7. The molecule has 162 valence electrons. The maximum atomic E-state index is 13.7. The second-order valence-corrected chi connectivity index (χ2v) is 7.37. The van der Waals surface area contributed by atoms with Gasteiger partial charge in [0.25, 0.3) is 0 Å². The van der Waals surface area contributed by atoms with Gasteiger partial charge in [0.2, 0.25) is 11.7 Å². The molecule has 0 unspecified atom stereocenters. The van der Waals surface area contributed by atoms with Gasteiger partial charge in [0.1, 0.15) is 11.6 Å². The van der Waals surface area contributed by atoms with Crippen LogP contribution < -0.4 is 15.4 Å². The molecular formula is C20H25F2N5O3. The lowest BCUT2D eigenvalue weighted by Crippen LogP contribution is -2.23. The Morgan fingerprint density at radius 3 is 2.80 bits per heavy atom. The highest BCUT2D eigenvalue weighted by atomic mass is 19.3. The SMILES string of the molecule is CC(=O)Nc1cc(Nc2cc(C)nc(C(C)(F)F)n2)c(OC[C@H]2CCCOC2)cn1. The van der Waals surface area contributed by atoms with Crippen LogP contribution in [0.4, 0.5) is 26.1 Å². The Balaban J connectivity index is 1.86. The number of aromatic nitrogens is 3. The van der Waals surface area contributed by atoms with Gasteiger partial charge in [0, 0.05) is 44.2 Å². The minimum atomic E-state index is -3.18. The highest BCUT2D eigenvalue weighted by Crippen LogP contribution is 2.31. The predicted octanol–water partition coefficient (Wildman–Crippen LogP) is 3.80. The van der Waals surface area contributed by atoms with Crippen LogP contribution in [-0.2, 0) is 15.5 Å². The zero-order chi connectivity index (χ0) is 21.7. The van der Waals surface area contributed by atoms with E-state index in [0.29, 0.717) is 36.2 Å². The molecule has 2 aromatic heterocycles. The summed E-state index contributed by atoms with van der Waals surface area (Å²) in [6.07, 6.45) is 3.45. The lowest BCUT2D eigenvalue weighted by molar-refractivity contribution is -0.114. The molecule has 10 heteroatoms. The van der Waals surface area contributed by atoms with Crippen molar-refractivity contribution < 1.29 is 23.0 Å². The van der Waals surface area contributed by atoms with Crippen LogP contribution >= 0.6 is 0 Å². The van der Waals surface area contributed by atoms with Crippen molar-refractivity contribution in [1.29, 1.82) is 0 Å². The highest BCUT2D eigenvalue weighted by Gasteiger charge is 2.29. The van der Waals surface area contributed by atoms with E-state index in [1.165, 1.54) is 13.1 Å². The van der Waals surface area contributed by atoms with E-state index >= 15 is 0 Å². The Morgan fingerprint density at radius 1 is 1.33 bits per heavy atom. The minimum absolute atomic E-state index is 0.185. The number of pyridine rings is 1. The van der Waals surface area contributed by atoms with Gasteiger partial charge in [0.15, 0.2) is 5.75 Å². The van der Waals surface area contributed by atoms with E-state index in [0.717, 1.165) is 26.4 Å². The minimum Gasteiger partial charge on any atom is -0.489 e. The Morgan fingerprint density at radius 2 is 2.13 bits per heavy atom. The number of amides is 1. The second-order valence-electron chi connectivity index (χ2n) is 7.37. The third kappa shape index (κ3) is 6.06. The fourth-order valence-corrected chi connectivity index (χ4v) is 3.02. The normalized spacial score (nSPS) is 16.8. The molecule has 1 aliphatic heterocycles. The summed E-state index contributed by atoms with van der Waals surface area (Å²) in [5.74, 6) is -2.89. The summed E-state index contributed by atoms with van der Waals surface area (Å²) in [4.78, 5) is 23.3. The summed E-state index contributed by atoms with van der Waals surface area (Å²) >= 11 is 0. The monoisotopic (exact) mass is 421 g/mol. The van der Waals surface area contributed by atoms with Crippen molar-refractivity contribution in [3.05, 3.63) is 29.8 Å². The van der Waals surface area contributed by atoms with Gasteiger partial charge in [0.05, 0.1) is 25.1 Å². The Hall–Kier alpha value is -2.88. The van der Waals surface area contributed by atoms with Gasteiger partial charge in [-0.05, 0) is 19.8 Å². The molecule has 1 aliphatic rings. The van der Waals surface area contributed by atoms with Crippen LogP contribution in [0.1, 0.15) is 38.2 Å². The van der Waals surface area contributed by atoms with Gasteiger partial charge in [-0.15, -0.1) is 0 Å². The van der Waals surface area contributed by atoms with E-state index in [9.17, 15) is 13.6 Å². The number of nitrogens with zero attached hydrogens (tertiary/aromatic N) is 3. The summed E-state index contributed by atoms with van der Waals surface area (Å²) in [6.45, 7) is 5.53. The highest BCUT2D eigenvalue weighted by molar-refractivity contribution is 5.88. The number of ether oxygens (including phenoxy) is 2. The number of halogens is 2. The summed E-state index contributed by atoms with van der Waals surface area (Å²) in [7, 11) is 0. The van der Waals surface area contributed by atoms with Gasteiger partial charge in [-0.3, -0.25) is 4.79 Å². The molecule has 0 aromatic carbocycles. The molecule has 0 spiro atoms. The Labute approximate surface area is 173 Å². The summed E-state index contributed by atoms with van der Waals surface area (Å²) in [6, 6.07) is 3.11. The average molecular weight is 421 g/mol. The van der Waals surface area contributed by atoms with Crippen molar-refractivity contribution in [2.75, 3.05) is 30.5 Å². The molecule has 0 aliphatic carbocycles. The molecule has 1 saturated heterocycles. The first kappa shape index (κ1) is 21.8. The van der Waals surface area contributed by atoms with Gasteiger partial charge in [-0.2, -0.15) is 8.78 Å². The van der Waals surface area contributed by atoms with Gasteiger partial charge < -0.3 is 20.1 Å². The molecule has 1 atom stereocenters. The Bertz CT molecular complexity index is 898. The molecule has 0 bridgehead atoms. The molecule has 2 aromatic rings. The van der Waals surface area contributed by atoms with Crippen molar-refractivity contribution in [3.8, 4) is 5.75 Å². The van der Waals surface area contributed by atoms with Crippen LogP contribution in [0.5, 0.6) is 5.75 Å². The topological polar surface area (TPSA) is 98.3 Å². The largest absolute Gasteiger partial charge is 0.489 e. The molecule has 1 amide bonds. The van der Waals surface area contributed by atoms with Crippen molar-refractivity contribution in [2.24, 2.45) is 5.92 Å². The van der Waals surface area contributed by atoms with E-state index < -0.39 is 11.7 Å². The first-order valence-corrected chi connectivity index (χ1v) is 9.70. The van der Waals surface area contributed by atoms with E-state index in [1.54, 1.807) is 19.1 Å². The van der Waals surface area contributed by atoms with E-state index in [-0.39, 0.29) is 17.6 Å². The van der Waals surface area contributed by atoms with Crippen LogP contribution in [0.25, 0.3) is 0 Å². The molecule has 0 radical (unpaired) electrons. The fourth-order valence-electron chi connectivity index (χ4n) is 3.02. The maximum Gasteiger partial charge on any atom is 0.303 e. The smallest absolute Gasteiger partial charge is 0.303 e. The number of nitrogens with one attached hydrogen (secondary N) is 2.